The van der Waals surface area contributed by atoms with Gasteiger partial charge in [0.15, 0.2) is 0 Å². The molecule has 0 aliphatic carbocycles. The maximum Gasteiger partial charge on any atom is 0.417 e. The first kappa shape index (κ1) is 16.3. The number of carboxylic acids is 1. The van der Waals surface area contributed by atoms with Crippen molar-refractivity contribution in [3.05, 3.63) is 46.3 Å². The van der Waals surface area contributed by atoms with Gasteiger partial charge in [-0.3, -0.25) is 0 Å². The molecule has 8 heteroatoms. The maximum absolute atomic E-state index is 13.4. The zero-order valence-corrected chi connectivity index (χ0v) is 13.1. The van der Waals surface area contributed by atoms with Gasteiger partial charge in [-0.15, -0.1) is 11.3 Å². The number of hydrogen-bond donors (Lipinski definition) is 2. The second-order valence-corrected chi connectivity index (χ2v) is 6.25. The maximum atomic E-state index is 13.4. The van der Waals surface area contributed by atoms with Crippen LogP contribution in [0.15, 0.2) is 30.3 Å². The van der Waals surface area contributed by atoms with Gasteiger partial charge in [0.2, 0.25) is 0 Å². The van der Waals surface area contributed by atoms with Crippen LogP contribution >= 0.6 is 11.3 Å². The Morgan fingerprint density at radius 1 is 1.25 bits per heavy atom. The molecule has 3 rings (SSSR count). The van der Waals surface area contributed by atoms with E-state index in [0.29, 0.717) is 16.9 Å². The van der Waals surface area contributed by atoms with E-state index in [2.05, 4.69) is 4.98 Å². The standard InChI is InChI=1S/C16H11F3N2O2S/c1-7-2-4-8(5-3-7)10-6-9(16(17,18)19)11-12(20)13(15(22)23)24-14(11)21-10/h2-6H,20H2,1H3,(H,22,23). The molecule has 0 aliphatic heterocycles. The van der Waals surface area contributed by atoms with E-state index in [9.17, 15) is 18.0 Å². The Morgan fingerprint density at radius 3 is 2.42 bits per heavy atom. The number of halogens is 3. The Morgan fingerprint density at radius 2 is 1.88 bits per heavy atom. The number of aromatic carboxylic acids is 1. The summed E-state index contributed by atoms with van der Waals surface area (Å²) in [7, 11) is 0. The summed E-state index contributed by atoms with van der Waals surface area (Å²) < 4.78 is 40.3. The van der Waals surface area contributed by atoms with Gasteiger partial charge in [0.25, 0.3) is 0 Å². The minimum absolute atomic E-state index is 0.0460. The highest BCUT2D eigenvalue weighted by molar-refractivity contribution is 7.21. The number of carboxylic acid groups (broad SMARTS) is 1. The lowest BCUT2D eigenvalue weighted by molar-refractivity contribution is -0.136. The van der Waals surface area contributed by atoms with Crippen molar-refractivity contribution >= 4 is 33.2 Å². The average Bonchev–Trinajstić information content (AvgIpc) is 2.83. The van der Waals surface area contributed by atoms with Gasteiger partial charge < -0.3 is 10.8 Å². The second kappa shape index (κ2) is 5.48. The lowest BCUT2D eigenvalue weighted by Gasteiger charge is -2.11. The fourth-order valence-electron chi connectivity index (χ4n) is 2.38. The molecule has 3 N–H and O–H groups in total. The van der Waals surface area contributed by atoms with E-state index in [0.717, 1.165) is 11.6 Å². The summed E-state index contributed by atoms with van der Waals surface area (Å²) in [5.41, 5.74) is 5.84. The zero-order chi connectivity index (χ0) is 17.6. The van der Waals surface area contributed by atoms with Crippen LogP contribution < -0.4 is 5.73 Å². The van der Waals surface area contributed by atoms with Crippen molar-refractivity contribution in [2.75, 3.05) is 5.73 Å². The molecule has 0 amide bonds. The predicted molar refractivity (Wildman–Crippen MR) is 86.2 cm³/mol. The van der Waals surface area contributed by atoms with Crippen molar-refractivity contribution in [1.82, 2.24) is 4.98 Å². The minimum Gasteiger partial charge on any atom is -0.477 e. The highest BCUT2D eigenvalue weighted by Crippen LogP contribution is 2.43. The fraction of sp³-hybridized carbons (Fsp3) is 0.125. The van der Waals surface area contributed by atoms with Crippen molar-refractivity contribution in [2.24, 2.45) is 0 Å². The Kier molecular flexibility index (Phi) is 3.71. The summed E-state index contributed by atoms with van der Waals surface area (Å²) in [5.74, 6) is -1.37. The number of nitrogen functional groups attached to an aromatic ring is 1. The van der Waals surface area contributed by atoms with Gasteiger partial charge >= 0.3 is 12.1 Å². The lowest BCUT2D eigenvalue weighted by Crippen LogP contribution is -2.08. The molecule has 0 spiro atoms. The van der Waals surface area contributed by atoms with Crippen LogP contribution in [0.3, 0.4) is 0 Å². The van der Waals surface area contributed by atoms with Gasteiger partial charge in [0, 0.05) is 10.9 Å². The molecule has 0 unspecified atom stereocenters. The van der Waals surface area contributed by atoms with Crippen molar-refractivity contribution < 1.29 is 23.1 Å². The number of rotatable bonds is 2. The summed E-state index contributed by atoms with van der Waals surface area (Å²) in [6.45, 7) is 1.86. The highest BCUT2D eigenvalue weighted by Gasteiger charge is 2.36. The smallest absolute Gasteiger partial charge is 0.417 e. The lowest BCUT2D eigenvalue weighted by atomic mass is 10.0. The highest BCUT2D eigenvalue weighted by atomic mass is 32.1. The molecule has 0 bridgehead atoms. The fourth-order valence-corrected chi connectivity index (χ4v) is 3.33. The van der Waals surface area contributed by atoms with Crippen LogP contribution in [-0.2, 0) is 6.18 Å². The largest absolute Gasteiger partial charge is 0.477 e. The summed E-state index contributed by atoms with van der Waals surface area (Å²) in [5, 5.41) is 8.74. The van der Waals surface area contributed by atoms with Crippen LogP contribution in [0.2, 0.25) is 0 Å². The van der Waals surface area contributed by atoms with E-state index in [1.165, 1.54) is 0 Å². The first-order chi connectivity index (χ1) is 11.2. The molecule has 4 nitrogen and oxygen atoms in total. The van der Waals surface area contributed by atoms with Gasteiger partial charge in [-0.05, 0) is 13.0 Å². The Balaban J connectivity index is 2.34. The van der Waals surface area contributed by atoms with Crippen molar-refractivity contribution in [1.29, 1.82) is 0 Å². The summed E-state index contributed by atoms with van der Waals surface area (Å²) in [6.07, 6.45) is -4.67. The molecule has 0 fully saturated rings. The molecule has 1 aromatic carbocycles. The van der Waals surface area contributed by atoms with Crippen molar-refractivity contribution in [3.63, 3.8) is 0 Å². The van der Waals surface area contributed by atoms with Crippen LogP contribution in [0.25, 0.3) is 21.5 Å². The molecule has 0 saturated heterocycles. The number of alkyl halides is 3. The topological polar surface area (TPSA) is 76.2 Å². The molecule has 0 aliphatic rings. The molecule has 3 aromatic rings. The summed E-state index contributed by atoms with van der Waals surface area (Å²) in [4.78, 5) is 15.0. The second-order valence-electron chi connectivity index (χ2n) is 5.25. The van der Waals surface area contributed by atoms with E-state index >= 15 is 0 Å². The number of pyridine rings is 1. The molecule has 2 aromatic heterocycles. The SMILES string of the molecule is Cc1ccc(-c2cc(C(F)(F)F)c3c(N)c(C(=O)O)sc3n2)cc1. The summed E-state index contributed by atoms with van der Waals surface area (Å²) >= 11 is 0.639. The van der Waals surface area contributed by atoms with Gasteiger partial charge in [0.1, 0.15) is 9.71 Å². The van der Waals surface area contributed by atoms with E-state index in [1.54, 1.807) is 24.3 Å². The van der Waals surface area contributed by atoms with Crippen molar-refractivity contribution in [2.45, 2.75) is 13.1 Å². The molecule has 0 saturated carbocycles. The third-order valence-electron chi connectivity index (χ3n) is 3.55. The number of nitrogens with zero attached hydrogens (tertiary/aromatic N) is 1. The first-order valence-electron chi connectivity index (χ1n) is 6.79. The molecular formula is C16H11F3N2O2S. The average molecular weight is 352 g/mol. The number of carbonyl (C=O) groups is 1. The van der Waals surface area contributed by atoms with Crippen LogP contribution in [0.4, 0.5) is 18.9 Å². The van der Waals surface area contributed by atoms with Gasteiger partial charge in [-0.25, -0.2) is 9.78 Å². The molecule has 24 heavy (non-hydrogen) atoms. The molecule has 2 heterocycles. The van der Waals surface area contributed by atoms with Crippen molar-refractivity contribution in [3.8, 4) is 11.3 Å². The van der Waals surface area contributed by atoms with Crippen LogP contribution in [0, 0.1) is 6.92 Å². The van der Waals surface area contributed by atoms with Gasteiger partial charge in [0.05, 0.1) is 16.9 Å². The molecule has 0 radical (unpaired) electrons. The number of nitrogens with two attached hydrogens (primary N) is 1. The third-order valence-corrected chi connectivity index (χ3v) is 4.63. The third kappa shape index (κ3) is 2.69. The normalized spacial score (nSPS) is 11.8. The van der Waals surface area contributed by atoms with E-state index in [1.807, 2.05) is 6.92 Å². The number of anilines is 1. The van der Waals surface area contributed by atoms with Gasteiger partial charge in [-0.1, -0.05) is 29.8 Å². The minimum atomic E-state index is -4.67. The first-order valence-corrected chi connectivity index (χ1v) is 7.60. The summed E-state index contributed by atoms with van der Waals surface area (Å²) in [6, 6.07) is 7.76. The molecule has 124 valence electrons. The Labute approximate surface area is 138 Å². The monoisotopic (exact) mass is 352 g/mol. The van der Waals surface area contributed by atoms with Gasteiger partial charge in [-0.2, -0.15) is 13.2 Å². The number of aromatic nitrogens is 1. The number of aryl methyl sites for hydroxylation is 1. The molecular weight excluding hydrogens is 341 g/mol. The van der Waals surface area contributed by atoms with Crippen LogP contribution in [0.5, 0.6) is 0 Å². The van der Waals surface area contributed by atoms with E-state index in [-0.39, 0.29) is 20.8 Å². The van der Waals surface area contributed by atoms with E-state index < -0.39 is 23.4 Å². The van der Waals surface area contributed by atoms with E-state index in [4.69, 9.17) is 10.8 Å². The number of thiophene rings is 1. The zero-order valence-electron chi connectivity index (χ0n) is 12.3. The Bertz CT molecular complexity index is 947. The van der Waals surface area contributed by atoms with Crippen LogP contribution in [0.1, 0.15) is 20.8 Å². The quantitative estimate of drug-likeness (QED) is 0.708. The number of hydrogen-bond acceptors (Lipinski definition) is 4. The Hall–Kier alpha value is -2.61. The number of benzene rings is 1. The predicted octanol–water partition coefficient (Wildman–Crippen LogP) is 4.57. The molecule has 0 atom stereocenters. The van der Waals surface area contributed by atoms with Crippen LogP contribution in [-0.4, -0.2) is 16.1 Å². The number of fused-ring (bicyclic) bond motifs is 1.